The Balaban J connectivity index is 2.26. The molecular weight excluding hydrogens is 212 g/mol. The summed E-state index contributed by atoms with van der Waals surface area (Å²) in [5, 5.41) is 9.09. The van der Waals surface area contributed by atoms with Crippen LogP contribution in [0.3, 0.4) is 0 Å². The molecule has 0 bridgehead atoms. The molecule has 17 heavy (non-hydrogen) atoms. The van der Waals surface area contributed by atoms with E-state index in [0.29, 0.717) is 11.7 Å². The quantitative estimate of drug-likeness (QED) is 0.800. The Kier molecular flexibility index (Phi) is 3.92. The highest BCUT2D eigenvalue weighted by atomic mass is 15.2. The number of anilines is 1. The zero-order chi connectivity index (χ0) is 12.1. The van der Waals surface area contributed by atoms with Crippen LogP contribution in [0.25, 0.3) is 0 Å². The van der Waals surface area contributed by atoms with Crippen molar-refractivity contribution in [1.29, 1.82) is 5.26 Å². The number of aromatic nitrogens is 2. The summed E-state index contributed by atoms with van der Waals surface area (Å²) in [6.45, 7) is 3.20. The smallest absolute Gasteiger partial charge is 0.183 e. The zero-order valence-electron chi connectivity index (χ0n) is 10.3. The van der Waals surface area contributed by atoms with Gasteiger partial charge in [0.05, 0.1) is 0 Å². The Morgan fingerprint density at radius 1 is 1.41 bits per heavy atom. The van der Waals surface area contributed by atoms with Crippen LogP contribution in [0.15, 0.2) is 12.4 Å². The van der Waals surface area contributed by atoms with Gasteiger partial charge in [-0.2, -0.15) is 5.26 Å². The third-order valence-electron chi connectivity index (χ3n) is 3.31. The fraction of sp³-hybridized carbons (Fsp3) is 0.615. The summed E-state index contributed by atoms with van der Waals surface area (Å²) >= 11 is 0. The predicted octanol–water partition coefficient (Wildman–Crippen LogP) is 2.51. The molecule has 0 aromatic carbocycles. The predicted molar refractivity (Wildman–Crippen MR) is 66.6 cm³/mol. The van der Waals surface area contributed by atoms with Gasteiger partial charge in [0.2, 0.25) is 0 Å². The molecule has 1 aliphatic rings. The molecule has 2 heterocycles. The van der Waals surface area contributed by atoms with Crippen molar-refractivity contribution in [2.75, 3.05) is 11.4 Å². The highest BCUT2D eigenvalue weighted by molar-refractivity contribution is 5.50. The van der Waals surface area contributed by atoms with E-state index in [9.17, 15) is 0 Å². The molecule has 2 rings (SSSR count). The van der Waals surface area contributed by atoms with Crippen molar-refractivity contribution in [3.63, 3.8) is 0 Å². The molecule has 0 saturated carbocycles. The average Bonchev–Trinajstić information content (AvgIpc) is 2.40. The molecule has 0 spiro atoms. The van der Waals surface area contributed by atoms with E-state index < -0.39 is 0 Å². The fourth-order valence-corrected chi connectivity index (χ4v) is 2.53. The summed E-state index contributed by atoms with van der Waals surface area (Å²) < 4.78 is 0. The van der Waals surface area contributed by atoms with Crippen LogP contribution in [-0.4, -0.2) is 22.6 Å². The van der Waals surface area contributed by atoms with Gasteiger partial charge < -0.3 is 4.90 Å². The molecule has 1 aromatic heterocycles. The fourth-order valence-electron chi connectivity index (χ4n) is 2.53. The molecule has 4 nitrogen and oxygen atoms in total. The van der Waals surface area contributed by atoms with E-state index in [0.717, 1.165) is 12.4 Å². The normalized spacial score (nSPS) is 20.0. The van der Waals surface area contributed by atoms with Crippen molar-refractivity contribution < 1.29 is 0 Å². The lowest BCUT2D eigenvalue weighted by molar-refractivity contribution is 0.431. The van der Waals surface area contributed by atoms with E-state index in [2.05, 4.69) is 27.9 Å². The molecule has 0 aliphatic carbocycles. The van der Waals surface area contributed by atoms with E-state index in [1.165, 1.54) is 32.1 Å². The number of nitriles is 1. The molecular formula is C13H18N4. The van der Waals surface area contributed by atoms with Crippen molar-refractivity contribution in [1.82, 2.24) is 9.97 Å². The molecule has 1 atom stereocenters. The van der Waals surface area contributed by atoms with Crippen molar-refractivity contribution in [3.05, 3.63) is 18.1 Å². The Morgan fingerprint density at radius 3 is 3.00 bits per heavy atom. The Labute approximate surface area is 102 Å². The number of hydrogen-bond acceptors (Lipinski definition) is 4. The van der Waals surface area contributed by atoms with Crippen LogP contribution in [0.5, 0.6) is 0 Å². The van der Waals surface area contributed by atoms with Crippen LogP contribution in [0.4, 0.5) is 5.82 Å². The first-order valence-corrected chi connectivity index (χ1v) is 6.34. The standard InChI is InChI=1S/C13H18N4/c1-2-5-11-6-3-4-9-17(11)13-12(10-14)15-7-8-16-13/h7-8,11H,2-6,9H2,1H3. The molecule has 1 unspecified atom stereocenters. The van der Waals surface area contributed by atoms with Crippen LogP contribution < -0.4 is 4.90 Å². The number of rotatable bonds is 3. The molecule has 1 aliphatic heterocycles. The summed E-state index contributed by atoms with van der Waals surface area (Å²) in [5.74, 6) is 0.771. The number of nitrogens with zero attached hydrogens (tertiary/aromatic N) is 4. The minimum Gasteiger partial charge on any atom is -0.351 e. The summed E-state index contributed by atoms with van der Waals surface area (Å²) in [7, 11) is 0. The van der Waals surface area contributed by atoms with Gasteiger partial charge in [0.15, 0.2) is 11.5 Å². The van der Waals surface area contributed by atoms with Crippen LogP contribution in [0.2, 0.25) is 0 Å². The number of hydrogen-bond donors (Lipinski definition) is 0. The second kappa shape index (κ2) is 5.62. The maximum atomic E-state index is 9.09. The summed E-state index contributed by atoms with van der Waals surface area (Å²) in [6.07, 6.45) is 9.26. The summed E-state index contributed by atoms with van der Waals surface area (Å²) in [6, 6.07) is 2.67. The molecule has 4 heteroatoms. The lowest BCUT2D eigenvalue weighted by atomic mass is 9.98. The largest absolute Gasteiger partial charge is 0.351 e. The Hall–Kier alpha value is -1.63. The van der Waals surface area contributed by atoms with Gasteiger partial charge >= 0.3 is 0 Å². The SMILES string of the molecule is CCCC1CCCCN1c1nccnc1C#N. The van der Waals surface area contributed by atoms with Gasteiger partial charge in [-0.1, -0.05) is 13.3 Å². The van der Waals surface area contributed by atoms with E-state index >= 15 is 0 Å². The maximum absolute atomic E-state index is 9.09. The number of piperidine rings is 1. The molecule has 1 fully saturated rings. The minimum atomic E-state index is 0.454. The van der Waals surface area contributed by atoms with Crippen LogP contribution >= 0.6 is 0 Å². The van der Waals surface area contributed by atoms with Gasteiger partial charge in [-0.15, -0.1) is 0 Å². The topological polar surface area (TPSA) is 52.8 Å². The molecule has 0 amide bonds. The first-order valence-electron chi connectivity index (χ1n) is 6.34. The van der Waals surface area contributed by atoms with Gasteiger partial charge in [0.25, 0.3) is 0 Å². The maximum Gasteiger partial charge on any atom is 0.183 e. The Morgan fingerprint density at radius 2 is 2.24 bits per heavy atom. The van der Waals surface area contributed by atoms with Crippen LogP contribution in [0, 0.1) is 11.3 Å². The second-order valence-electron chi connectivity index (χ2n) is 4.47. The highest BCUT2D eigenvalue weighted by Crippen LogP contribution is 2.26. The second-order valence-corrected chi connectivity index (χ2v) is 4.47. The molecule has 90 valence electrons. The molecule has 1 saturated heterocycles. The first-order chi connectivity index (χ1) is 8.36. The van der Waals surface area contributed by atoms with Crippen molar-refractivity contribution in [2.24, 2.45) is 0 Å². The zero-order valence-corrected chi connectivity index (χ0v) is 10.3. The van der Waals surface area contributed by atoms with E-state index in [1.807, 2.05) is 0 Å². The van der Waals surface area contributed by atoms with Gasteiger partial charge in [0.1, 0.15) is 6.07 Å². The minimum absolute atomic E-state index is 0.454. The highest BCUT2D eigenvalue weighted by Gasteiger charge is 2.25. The lowest BCUT2D eigenvalue weighted by Crippen LogP contribution is -2.40. The summed E-state index contributed by atoms with van der Waals surface area (Å²) in [5.41, 5.74) is 0.454. The van der Waals surface area contributed by atoms with Crippen molar-refractivity contribution in [3.8, 4) is 6.07 Å². The van der Waals surface area contributed by atoms with Crippen molar-refractivity contribution in [2.45, 2.75) is 45.1 Å². The van der Waals surface area contributed by atoms with Gasteiger partial charge in [-0.3, -0.25) is 0 Å². The van der Waals surface area contributed by atoms with Crippen LogP contribution in [-0.2, 0) is 0 Å². The van der Waals surface area contributed by atoms with E-state index in [-0.39, 0.29) is 0 Å². The van der Waals surface area contributed by atoms with E-state index in [4.69, 9.17) is 5.26 Å². The van der Waals surface area contributed by atoms with E-state index in [1.54, 1.807) is 12.4 Å². The van der Waals surface area contributed by atoms with Gasteiger partial charge in [-0.05, 0) is 25.7 Å². The van der Waals surface area contributed by atoms with Gasteiger partial charge in [-0.25, -0.2) is 9.97 Å². The van der Waals surface area contributed by atoms with Crippen molar-refractivity contribution >= 4 is 5.82 Å². The Bertz CT molecular complexity index is 408. The third kappa shape index (κ3) is 2.55. The summed E-state index contributed by atoms with van der Waals surface area (Å²) in [4.78, 5) is 10.7. The molecule has 0 radical (unpaired) electrons. The monoisotopic (exact) mass is 230 g/mol. The van der Waals surface area contributed by atoms with Gasteiger partial charge in [0, 0.05) is 25.0 Å². The first kappa shape index (κ1) is 11.8. The lowest BCUT2D eigenvalue weighted by Gasteiger charge is -2.36. The third-order valence-corrected chi connectivity index (χ3v) is 3.31. The molecule has 1 aromatic rings. The molecule has 0 N–H and O–H groups in total. The average molecular weight is 230 g/mol. The van der Waals surface area contributed by atoms with Crippen LogP contribution in [0.1, 0.15) is 44.7 Å².